The standard InChI is InChI=1S/C19H28ClN3O/c20-17-6-5-7-18(16-17)22-14-12-21(13-15-22)11-8-19(24)23-9-3-1-2-4-10-23/h5-7,16H,1-4,8-15H2. The molecule has 0 spiro atoms. The SMILES string of the molecule is O=C(CCN1CCN(c2cccc(Cl)c2)CC1)N1CCCCCC1. The third-order valence-electron chi connectivity index (χ3n) is 5.15. The lowest BCUT2D eigenvalue weighted by atomic mass is 10.2. The second-order valence-electron chi connectivity index (χ2n) is 6.85. The summed E-state index contributed by atoms with van der Waals surface area (Å²) in [5.74, 6) is 0.342. The van der Waals surface area contributed by atoms with E-state index in [0.29, 0.717) is 12.3 Å². The summed E-state index contributed by atoms with van der Waals surface area (Å²) in [6, 6.07) is 8.06. The van der Waals surface area contributed by atoms with Crippen LogP contribution in [0.15, 0.2) is 24.3 Å². The number of likely N-dealkylation sites (tertiary alicyclic amines) is 1. The van der Waals surface area contributed by atoms with Crippen LogP contribution in [0, 0.1) is 0 Å². The van der Waals surface area contributed by atoms with E-state index in [1.54, 1.807) is 0 Å². The zero-order chi connectivity index (χ0) is 16.8. The van der Waals surface area contributed by atoms with Crippen molar-refractivity contribution >= 4 is 23.2 Å². The third-order valence-corrected chi connectivity index (χ3v) is 5.38. The summed E-state index contributed by atoms with van der Waals surface area (Å²) in [6.07, 6.45) is 5.55. The molecule has 2 heterocycles. The minimum Gasteiger partial charge on any atom is -0.369 e. The molecular formula is C19H28ClN3O. The molecule has 3 rings (SSSR count). The summed E-state index contributed by atoms with van der Waals surface area (Å²) in [5, 5.41) is 0.790. The largest absolute Gasteiger partial charge is 0.369 e. The summed E-state index contributed by atoms with van der Waals surface area (Å²) in [6.45, 7) is 6.83. The van der Waals surface area contributed by atoms with E-state index in [9.17, 15) is 4.79 Å². The van der Waals surface area contributed by atoms with Crippen LogP contribution in [-0.4, -0.2) is 61.5 Å². The molecule has 2 fully saturated rings. The maximum absolute atomic E-state index is 12.4. The van der Waals surface area contributed by atoms with Crippen molar-refractivity contribution in [2.24, 2.45) is 0 Å². The smallest absolute Gasteiger partial charge is 0.223 e. The topological polar surface area (TPSA) is 26.8 Å². The Morgan fingerprint density at radius 3 is 2.33 bits per heavy atom. The monoisotopic (exact) mass is 349 g/mol. The van der Waals surface area contributed by atoms with E-state index < -0.39 is 0 Å². The number of carbonyl (C=O) groups excluding carboxylic acids is 1. The van der Waals surface area contributed by atoms with Gasteiger partial charge >= 0.3 is 0 Å². The summed E-state index contributed by atoms with van der Waals surface area (Å²) in [7, 11) is 0. The second kappa shape index (κ2) is 8.72. The summed E-state index contributed by atoms with van der Waals surface area (Å²) < 4.78 is 0. The zero-order valence-electron chi connectivity index (χ0n) is 14.4. The van der Waals surface area contributed by atoms with E-state index in [1.165, 1.54) is 31.4 Å². The van der Waals surface area contributed by atoms with Gasteiger partial charge in [0.25, 0.3) is 0 Å². The molecule has 1 amide bonds. The molecule has 0 bridgehead atoms. The lowest BCUT2D eigenvalue weighted by molar-refractivity contribution is -0.131. The minimum atomic E-state index is 0.342. The van der Waals surface area contributed by atoms with Gasteiger partial charge in [-0.15, -0.1) is 0 Å². The molecule has 0 aromatic heterocycles. The number of hydrogen-bond acceptors (Lipinski definition) is 3. The van der Waals surface area contributed by atoms with Crippen molar-refractivity contribution in [3.05, 3.63) is 29.3 Å². The van der Waals surface area contributed by atoms with Crippen molar-refractivity contribution in [3.8, 4) is 0 Å². The fourth-order valence-corrected chi connectivity index (χ4v) is 3.82. The van der Waals surface area contributed by atoms with Crippen LogP contribution < -0.4 is 4.90 Å². The molecule has 132 valence electrons. The number of amides is 1. The van der Waals surface area contributed by atoms with Gasteiger partial charge in [-0.05, 0) is 31.0 Å². The first-order valence-electron chi connectivity index (χ1n) is 9.23. The highest BCUT2D eigenvalue weighted by atomic mass is 35.5. The fourth-order valence-electron chi connectivity index (χ4n) is 3.63. The van der Waals surface area contributed by atoms with Crippen LogP contribution in [-0.2, 0) is 4.79 Å². The molecule has 5 heteroatoms. The van der Waals surface area contributed by atoms with Gasteiger partial charge in [-0.1, -0.05) is 30.5 Å². The molecule has 24 heavy (non-hydrogen) atoms. The predicted octanol–water partition coefficient (Wildman–Crippen LogP) is 3.25. The molecule has 2 saturated heterocycles. The summed E-state index contributed by atoms with van der Waals surface area (Å²) in [4.78, 5) is 19.3. The number of benzene rings is 1. The number of piperazine rings is 1. The van der Waals surface area contributed by atoms with Gasteiger partial charge in [0.2, 0.25) is 5.91 Å². The Kier molecular flexibility index (Phi) is 6.38. The van der Waals surface area contributed by atoms with Gasteiger partial charge < -0.3 is 9.80 Å². The highest BCUT2D eigenvalue weighted by molar-refractivity contribution is 6.30. The van der Waals surface area contributed by atoms with Gasteiger partial charge in [0.05, 0.1) is 0 Å². The van der Waals surface area contributed by atoms with E-state index in [2.05, 4.69) is 20.8 Å². The maximum Gasteiger partial charge on any atom is 0.223 e. The van der Waals surface area contributed by atoms with Crippen LogP contribution in [0.1, 0.15) is 32.1 Å². The number of halogens is 1. The predicted molar refractivity (Wildman–Crippen MR) is 99.8 cm³/mol. The molecule has 0 N–H and O–H groups in total. The van der Waals surface area contributed by atoms with E-state index >= 15 is 0 Å². The Labute approximate surface area is 150 Å². The van der Waals surface area contributed by atoms with Gasteiger partial charge in [0, 0.05) is 62.9 Å². The number of anilines is 1. The van der Waals surface area contributed by atoms with Crippen molar-refractivity contribution in [2.75, 3.05) is 50.7 Å². The molecule has 1 aromatic rings. The second-order valence-corrected chi connectivity index (χ2v) is 7.29. The van der Waals surface area contributed by atoms with Crippen LogP contribution in [0.2, 0.25) is 5.02 Å². The molecule has 0 unspecified atom stereocenters. The number of nitrogens with zero attached hydrogens (tertiary/aromatic N) is 3. The molecular weight excluding hydrogens is 322 g/mol. The molecule has 1 aromatic carbocycles. The van der Waals surface area contributed by atoms with Gasteiger partial charge in [-0.3, -0.25) is 9.69 Å². The molecule has 4 nitrogen and oxygen atoms in total. The maximum atomic E-state index is 12.4. The Bertz CT molecular complexity index is 535. The average molecular weight is 350 g/mol. The Morgan fingerprint density at radius 1 is 0.958 bits per heavy atom. The van der Waals surface area contributed by atoms with Crippen LogP contribution in [0.4, 0.5) is 5.69 Å². The normalized spacial score (nSPS) is 20.0. The van der Waals surface area contributed by atoms with E-state index in [1.807, 2.05) is 18.2 Å². The van der Waals surface area contributed by atoms with Crippen molar-refractivity contribution in [1.82, 2.24) is 9.80 Å². The first kappa shape index (κ1) is 17.6. The molecule has 0 radical (unpaired) electrons. The van der Waals surface area contributed by atoms with Gasteiger partial charge in [0.1, 0.15) is 0 Å². The first-order chi connectivity index (χ1) is 11.7. The highest BCUT2D eigenvalue weighted by Crippen LogP contribution is 2.21. The molecule has 0 aliphatic carbocycles. The van der Waals surface area contributed by atoms with E-state index in [4.69, 9.17) is 11.6 Å². The molecule has 2 aliphatic rings. The van der Waals surface area contributed by atoms with Crippen LogP contribution >= 0.6 is 11.6 Å². The Balaban J connectivity index is 1.41. The Hall–Kier alpha value is -1.26. The van der Waals surface area contributed by atoms with Gasteiger partial charge in [-0.25, -0.2) is 0 Å². The number of hydrogen-bond donors (Lipinski definition) is 0. The zero-order valence-corrected chi connectivity index (χ0v) is 15.2. The van der Waals surface area contributed by atoms with Crippen molar-refractivity contribution < 1.29 is 4.79 Å². The number of rotatable bonds is 4. The Morgan fingerprint density at radius 2 is 1.67 bits per heavy atom. The highest BCUT2D eigenvalue weighted by Gasteiger charge is 2.20. The van der Waals surface area contributed by atoms with Crippen LogP contribution in [0.25, 0.3) is 0 Å². The van der Waals surface area contributed by atoms with E-state index in [0.717, 1.165) is 50.8 Å². The molecule has 0 atom stereocenters. The fraction of sp³-hybridized carbons (Fsp3) is 0.632. The average Bonchev–Trinajstić information content (AvgIpc) is 2.89. The van der Waals surface area contributed by atoms with Gasteiger partial charge in [-0.2, -0.15) is 0 Å². The van der Waals surface area contributed by atoms with Crippen molar-refractivity contribution in [3.63, 3.8) is 0 Å². The molecule has 2 aliphatic heterocycles. The van der Waals surface area contributed by atoms with Gasteiger partial charge in [0.15, 0.2) is 0 Å². The summed E-state index contributed by atoms with van der Waals surface area (Å²) in [5.41, 5.74) is 1.20. The van der Waals surface area contributed by atoms with Crippen molar-refractivity contribution in [1.29, 1.82) is 0 Å². The van der Waals surface area contributed by atoms with Crippen LogP contribution in [0.3, 0.4) is 0 Å². The number of carbonyl (C=O) groups is 1. The molecule has 0 saturated carbocycles. The lowest BCUT2D eigenvalue weighted by Crippen LogP contribution is -2.47. The van der Waals surface area contributed by atoms with Crippen molar-refractivity contribution in [2.45, 2.75) is 32.1 Å². The van der Waals surface area contributed by atoms with Crippen LogP contribution in [0.5, 0.6) is 0 Å². The minimum absolute atomic E-state index is 0.342. The third kappa shape index (κ3) is 4.87. The lowest BCUT2D eigenvalue weighted by Gasteiger charge is -2.36. The summed E-state index contributed by atoms with van der Waals surface area (Å²) >= 11 is 6.08. The van der Waals surface area contributed by atoms with E-state index in [-0.39, 0.29) is 0 Å². The quantitative estimate of drug-likeness (QED) is 0.834. The first-order valence-corrected chi connectivity index (χ1v) is 9.61.